The van der Waals surface area contributed by atoms with Crippen LogP contribution in [0.1, 0.15) is 63.7 Å². The number of hydroxylamine groups is 2. The van der Waals surface area contributed by atoms with Crippen molar-refractivity contribution in [1.29, 1.82) is 0 Å². The SMILES string of the molecule is CC1(C)CC(OC(=O)CCC(=O)c2ccc3ccc4cccc5ccc2c3c45)CC(C)(C)N1[O]. The second-order valence-electron chi connectivity index (χ2n) is 10.8. The van der Waals surface area contributed by atoms with Crippen molar-refractivity contribution in [2.75, 3.05) is 0 Å². The van der Waals surface area contributed by atoms with E-state index in [1.165, 1.54) is 5.39 Å². The lowest BCUT2D eigenvalue weighted by Crippen LogP contribution is -2.60. The van der Waals surface area contributed by atoms with Crippen LogP contribution in [0.25, 0.3) is 32.3 Å². The van der Waals surface area contributed by atoms with E-state index in [1.54, 1.807) is 0 Å². The van der Waals surface area contributed by atoms with Crippen LogP contribution in [0.3, 0.4) is 0 Å². The molecule has 0 spiro atoms. The lowest BCUT2D eigenvalue weighted by atomic mass is 9.80. The average molecular weight is 457 g/mol. The van der Waals surface area contributed by atoms with E-state index in [0.29, 0.717) is 18.4 Å². The highest BCUT2D eigenvalue weighted by atomic mass is 16.5. The minimum atomic E-state index is -0.607. The fourth-order valence-corrected chi connectivity index (χ4v) is 5.83. The van der Waals surface area contributed by atoms with Crippen molar-refractivity contribution in [2.45, 2.75) is 70.6 Å². The van der Waals surface area contributed by atoms with E-state index in [1.807, 2.05) is 52.0 Å². The van der Waals surface area contributed by atoms with Gasteiger partial charge >= 0.3 is 5.97 Å². The molecule has 1 radical (unpaired) electrons. The Bertz CT molecular complexity index is 1370. The standard InChI is InChI=1S/C29H30NO4/c1-28(2)16-21(17-29(3,4)30(28)33)34-25(32)15-14-24(31)22-12-10-20-9-8-18-6-5-7-19-11-13-23(22)27(20)26(18)19/h5-13,21H,14-17H2,1-4H3. The number of ether oxygens (including phenoxy) is 1. The molecule has 0 aromatic heterocycles. The highest BCUT2D eigenvalue weighted by molar-refractivity contribution is 6.26. The quantitative estimate of drug-likeness (QED) is 0.196. The Labute approximate surface area is 199 Å². The van der Waals surface area contributed by atoms with Gasteiger partial charge in [-0.3, -0.25) is 9.59 Å². The van der Waals surface area contributed by atoms with E-state index in [2.05, 4.69) is 30.3 Å². The van der Waals surface area contributed by atoms with E-state index in [-0.39, 0.29) is 30.7 Å². The van der Waals surface area contributed by atoms with Crippen molar-refractivity contribution in [2.24, 2.45) is 0 Å². The molecule has 0 aliphatic carbocycles. The van der Waals surface area contributed by atoms with Gasteiger partial charge in [0.15, 0.2) is 5.78 Å². The summed E-state index contributed by atoms with van der Waals surface area (Å²) in [7, 11) is 0. The van der Waals surface area contributed by atoms with Crippen LogP contribution in [0.5, 0.6) is 0 Å². The Morgan fingerprint density at radius 3 is 2.03 bits per heavy atom. The molecule has 0 unspecified atom stereocenters. The van der Waals surface area contributed by atoms with Crippen LogP contribution in [0.15, 0.2) is 54.6 Å². The summed E-state index contributed by atoms with van der Waals surface area (Å²) in [6.07, 6.45) is 0.755. The van der Waals surface area contributed by atoms with Crippen molar-refractivity contribution >= 4 is 44.1 Å². The van der Waals surface area contributed by atoms with E-state index >= 15 is 0 Å². The molecule has 5 rings (SSSR count). The molecule has 175 valence electrons. The molecule has 1 aliphatic heterocycles. The van der Waals surface area contributed by atoms with Gasteiger partial charge < -0.3 is 4.74 Å². The van der Waals surface area contributed by atoms with Crippen LogP contribution in [0, 0.1) is 0 Å². The molecule has 1 saturated heterocycles. The van der Waals surface area contributed by atoms with Gasteiger partial charge in [0.25, 0.3) is 0 Å². The number of carbonyl (C=O) groups excluding carboxylic acids is 2. The van der Waals surface area contributed by atoms with Gasteiger partial charge in [-0.15, -0.1) is 10.3 Å². The number of benzene rings is 4. The molecule has 1 heterocycles. The summed E-state index contributed by atoms with van der Waals surface area (Å²) in [6.45, 7) is 7.50. The maximum atomic E-state index is 13.2. The third kappa shape index (κ3) is 3.83. The Balaban J connectivity index is 1.33. The largest absolute Gasteiger partial charge is 0.462 e. The summed E-state index contributed by atoms with van der Waals surface area (Å²) in [5.74, 6) is -0.452. The number of carbonyl (C=O) groups is 2. The van der Waals surface area contributed by atoms with Gasteiger partial charge in [-0.05, 0) is 60.0 Å². The first-order chi connectivity index (χ1) is 16.1. The predicted molar refractivity (Wildman–Crippen MR) is 134 cm³/mol. The zero-order chi connectivity index (χ0) is 24.3. The van der Waals surface area contributed by atoms with Gasteiger partial charge in [0.2, 0.25) is 0 Å². The molecule has 5 nitrogen and oxygen atoms in total. The number of esters is 1. The number of ketones is 1. The number of piperidine rings is 1. The van der Waals surface area contributed by atoms with E-state index < -0.39 is 11.1 Å². The van der Waals surface area contributed by atoms with Gasteiger partial charge in [-0.25, -0.2) is 0 Å². The van der Waals surface area contributed by atoms with Gasteiger partial charge in [0, 0.05) is 35.9 Å². The van der Waals surface area contributed by atoms with Gasteiger partial charge in [-0.1, -0.05) is 54.6 Å². The topological polar surface area (TPSA) is 66.5 Å². The van der Waals surface area contributed by atoms with Crippen LogP contribution >= 0.6 is 0 Å². The Morgan fingerprint density at radius 1 is 0.824 bits per heavy atom. The molecule has 4 aromatic rings. The maximum absolute atomic E-state index is 13.2. The molecule has 5 heteroatoms. The fourth-order valence-electron chi connectivity index (χ4n) is 5.83. The lowest BCUT2D eigenvalue weighted by Gasteiger charge is -2.49. The van der Waals surface area contributed by atoms with Gasteiger partial charge in [0.1, 0.15) is 6.10 Å². The van der Waals surface area contributed by atoms with Crippen LogP contribution in [0.4, 0.5) is 0 Å². The van der Waals surface area contributed by atoms with E-state index in [0.717, 1.165) is 32.0 Å². The predicted octanol–water partition coefficient (Wildman–Crippen LogP) is 6.46. The van der Waals surface area contributed by atoms with Crippen molar-refractivity contribution in [3.63, 3.8) is 0 Å². The van der Waals surface area contributed by atoms with Crippen LogP contribution in [-0.2, 0) is 14.7 Å². The Morgan fingerprint density at radius 2 is 1.38 bits per heavy atom. The summed E-state index contributed by atoms with van der Waals surface area (Å²) in [6, 6.07) is 18.3. The summed E-state index contributed by atoms with van der Waals surface area (Å²) >= 11 is 0. The number of nitrogens with zero attached hydrogens (tertiary/aromatic N) is 1. The smallest absolute Gasteiger partial charge is 0.306 e. The first-order valence-corrected chi connectivity index (χ1v) is 11.9. The van der Waals surface area contributed by atoms with Crippen LogP contribution in [-0.4, -0.2) is 34.0 Å². The molecule has 4 aromatic carbocycles. The maximum Gasteiger partial charge on any atom is 0.306 e. The lowest BCUT2D eigenvalue weighted by molar-refractivity contribution is -0.299. The van der Waals surface area contributed by atoms with Gasteiger partial charge in [0.05, 0.1) is 6.42 Å². The normalized spacial score (nSPS) is 18.6. The van der Waals surface area contributed by atoms with Crippen molar-refractivity contribution in [3.8, 4) is 0 Å². The summed E-state index contributed by atoms with van der Waals surface area (Å²) < 4.78 is 5.72. The number of Topliss-reactive ketones (excluding diaryl/α,β-unsaturated/α-hetero) is 1. The molecular weight excluding hydrogens is 426 g/mol. The minimum absolute atomic E-state index is 0.0270. The molecule has 0 bridgehead atoms. The number of rotatable bonds is 5. The number of hydrogen-bond acceptors (Lipinski definition) is 4. The zero-order valence-corrected chi connectivity index (χ0v) is 20.2. The zero-order valence-electron chi connectivity index (χ0n) is 20.2. The third-order valence-corrected chi connectivity index (χ3v) is 7.24. The molecule has 0 N–H and O–H groups in total. The molecule has 34 heavy (non-hydrogen) atoms. The molecule has 0 saturated carbocycles. The minimum Gasteiger partial charge on any atom is -0.462 e. The average Bonchev–Trinajstić information content (AvgIpc) is 2.79. The van der Waals surface area contributed by atoms with Gasteiger partial charge in [-0.2, -0.15) is 0 Å². The Hall–Kier alpha value is -3.02. The summed E-state index contributed by atoms with van der Waals surface area (Å²) in [5.41, 5.74) is -0.574. The highest BCUT2D eigenvalue weighted by Crippen LogP contribution is 2.39. The first kappa shape index (κ1) is 22.8. The molecule has 0 atom stereocenters. The molecular formula is C29H30NO4. The third-order valence-electron chi connectivity index (χ3n) is 7.24. The van der Waals surface area contributed by atoms with E-state index in [4.69, 9.17) is 4.74 Å². The Kier molecular flexibility index (Phi) is 5.38. The second-order valence-corrected chi connectivity index (χ2v) is 10.8. The summed E-state index contributed by atoms with van der Waals surface area (Å²) in [5, 5.41) is 20.2. The fraction of sp³-hybridized carbons (Fsp3) is 0.379. The van der Waals surface area contributed by atoms with Crippen molar-refractivity contribution in [3.05, 3.63) is 60.2 Å². The first-order valence-electron chi connectivity index (χ1n) is 11.9. The molecule has 1 aliphatic rings. The summed E-state index contributed by atoms with van der Waals surface area (Å²) in [4.78, 5) is 25.8. The highest BCUT2D eigenvalue weighted by Gasteiger charge is 2.47. The second kappa shape index (κ2) is 8.03. The van der Waals surface area contributed by atoms with Crippen molar-refractivity contribution < 1.29 is 19.5 Å². The van der Waals surface area contributed by atoms with E-state index in [9.17, 15) is 14.8 Å². The molecule has 1 fully saturated rings. The van der Waals surface area contributed by atoms with Crippen molar-refractivity contribution in [1.82, 2.24) is 5.06 Å². The monoisotopic (exact) mass is 456 g/mol. The van der Waals surface area contributed by atoms with Crippen LogP contribution in [0.2, 0.25) is 0 Å². The molecule has 0 amide bonds. The number of hydrogen-bond donors (Lipinski definition) is 0. The van der Waals surface area contributed by atoms with Crippen LogP contribution < -0.4 is 0 Å².